The lowest BCUT2D eigenvalue weighted by molar-refractivity contribution is 0.210. The van der Waals surface area contributed by atoms with Gasteiger partial charge < -0.3 is 10.1 Å². The van der Waals surface area contributed by atoms with E-state index in [-0.39, 0.29) is 12.1 Å². The van der Waals surface area contributed by atoms with Gasteiger partial charge in [-0.15, -0.1) is 0 Å². The number of nitrogens with one attached hydrogen (secondary N) is 1. The molecule has 1 aliphatic heterocycles. The fraction of sp³-hybridized carbons (Fsp3) is 0.500. The van der Waals surface area contributed by atoms with Crippen molar-refractivity contribution in [3.05, 3.63) is 28.8 Å². The normalized spacial score (nSPS) is 23.7. The third-order valence-corrected chi connectivity index (χ3v) is 2.94. The number of hydrogen-bond acceptors (Lipinski definition) is 2. The second-order valence-corrected chi connectivity index (χ2v) is 4.37. The molecule has 0 saturated heterocycles. The Bertz CT molecular complexity index is 353. The van der Waals surface area contributed by atoms with E-state index < -0.39 is 0 Å². The van der Waals surface area contributed by atoms with Crippen LogP contribution in [0.25, 0.3) is 0 Å². The van der Waals surface area contributed by atoms with E-state index in [1.165, 1.54) is 5.56 Å². The van der Waals surface area contributed by atoms with E-state index >= 15 is 0 Å². The van der Waals surface area contributed by atoms with Crippen LogP contribution in [0.3, 0.4) is 0 Å². The van der Waals surface area contributed by atoms with Gasteiger partial charge in [-0.1, -0.05) is 18.5 Å². The third kappa shape index (κ3) is 2.11. The highest BCUT2D eigenvalue weighted by molar-refractivity contribution is 6.30. The van der Waals surface area contributed by atoms with E-state index in [2.05, 4.69) is 19.2 Å². The maximum Gasteiger partial charge on any atom is 0.124 e. The zero-order valence-corrected chi connectivity index (χ0v) is 9.84. The molecule has 1 aliphatic rings. The topological polar surface area (TPSA) is 21.3 Å². The van der Waals surface area contributed by atoms with Gasteiger partial charge in [0.15, 0.2) is 0 Å². The van der Waals surface area contributed by atoms with Gasteiger partial charge in [0.1, 0.15) is 11.9 Å². The zero-order valence-electron chi connectivity index (χ0n) is 9.09. The minimum atomic E-state index is 0.185. The summed E-state index contributed by atoms with van der Waals surface area (Å²) in [6, 6.07) is 6.09. The molecule has 1 aromatic rings. The Morgan fingerprint density at radius 1 is 1.47 bits per heavy atom. The summed E-state index contributed by atoms with van der Waals surface area (Å²) >= 11 is 5.99. The van der Waals surface area contributed by atoms with Crippen LogP contribution in [0.5, 0.6) is 5.75 Å². The minimum absolute atomic E-state index is 0.185. The largest absolute Gasteiger partial charge is 0.488 e. The number of benzene rings is 1. The lowest BCUT2D eigenvalue weighted by Gasteiger charge is -2.16. The van der Waals surface area contributed by atoms with Crippen LogP contribution in [0.2, 0.25) is 5.02 Å². The van der Waals surface area contributed by atoms with Gasteiger partial charge in [0.25, 0.3) is 0 Å². The first kappa shape index (κ1) is 10.8. The molecule has 0 saturated carbocycles. The number of fused-ring (bicyclic) bond motifs is 1. The van der Waals surface area contributed by atoms with Crippen molar-refractivity contribution in [1.82, 2.24) is 5.32 Å². The zero-order chi connectivity index (χ0) is 10.8. The Morgan fingerprint density at radius 3 is 3.00 bits per heavy atom. The molecule has 82 valence electrons. The first-order valence-electron chi connectivity index (χ1n) is 5.42. The second-order valence-electron chi connectivity index (χ2n) is 3.94. The SMILES string of the molecule is CCCNC1c2cc(Cl)ccc2OC1C. The van der Waals surface area contributed by atoms with Crippen molar-refractivity contribution in [3.63, 3.8) is 0 Å². The predicted octanol–water partition coefficient (Wildman–Crippen LogP) is 3.16. The van der Waals surface area contributed by atoms with Crippen LogP contribution in [0, 0.1) is 0 Å². The molecule has 15 heavy (non-hydrogen) atoms. The standard InChI is InChI=1S/C12H16ClNO/c1-3-6-14-12-8(2)15-11-5-4-9(13)7-10(11)12/h4-5,7-8,12,14H,3,6H2,1-2H3. The van der Waals surface area contributed by atoms with E-state index in [0.29, 0.717) is 0 Å². The number of hydrogen-bond donors (Lipinski definition) is 1. The van der Waals surface area contributed by atoms with Crippen LogP contribution in [0.4, 0.5) is 0 Å². The van der Waals surface area contributed by atoms with Crippen molar-refractivity contribution in [1.29, 1.82) is 0 Å². The van der Waals surface area contributed by atoms with Crippen molar-refractivity contribution in [2.75, 3.05) is 6.54 Å². The average molecular weight is 226 g/mol. The predicted molar refractivity (Wildman–Crippen MR) is 62.6 cm³/mol. The Balaban J connectivity index is 2.23. The molecule has 0 radical (unpaired) electrons. The first-order valence-corrected chi connectivity index (χ1v) is 5.79. The summed E-state index contributed by atoms with van der Waals surface area (Å²) in [5.41, 5.74) is 1.18. The number of halogens is 1. The fourth-order valence-electron chi connectivity index (χ4n) is 1.97. The summed E-state index contributed by atoms with van der Waals surface area (Å²) in [6.45, 7) is 5.25. The second kappa shape index (κ2) is 4.42. The van der Waals surface area contributed by atoms with E-state index in [1.54, 1.807) is 0 Å². The van der Waals surface area contributed by atoms with Crippen LogP contribution >= 0.6 is 11.6 Å². The van der Waals surface area contributed by atoms with Gasteiger partial charge in [0.05, 0.1) is 6.04 Å². The van der Waals surface area contributed by atoms with Crippen LogP contribution in [-0.4, -0.2) is 12.6 Å². The van der Waals surface area contributed by atoms with Crippen molar-refractivity contribution >= 4 is 11.6 Å². The van der Waals surface area contributed by atoms with Crippen LogP contribution in [0.15, 0.2) is 18.2 Å². The van der Waals surface area contributed by atoms with Gasteiger partial charge in [-0.05, 0) is 38.1 Å². The minimum Gasteiger partial charge on any atom is -0.488 e. The van der Waals surface area contributed by atoms with Gasteiger partial charge in [0.2, 0.25) is 0 Å². The molecule has 0 fully saturated rings. The van der Waals surface area contributed by atoms with Crippen LogP contribution in [-0.2, 0) is 0 Å². The molecule has 0 aromatic heterocycles. The Hall–Kier alpha value is -0.730. The van der Waals surface area contributed by atoms with E-state index in [0.717, 1.165) is 23.7 Å². The monoisotopic (exact) mass is 225 g/mol. The van der Waals surface area contributed by atoms with Gasteiger partial charge in [-0.25, -0.2) is 0 Å². The van der Waals surface area contributed by atoms with E-state index in [1.807, 2.05) is 18.2 Å². The highest BCUT2D eigenvalue weighted by Crippen LogP contribution is 2.37. The molecule has 0 bridgehead atoms. The molecule has 1 N–H and O–H groups in total. The molecule has 2 unspecified atom stereocenters. The van der Waals surface area contributed by atoms with Gasteiger partial charge in [-0.3, -0.25) is 0 Å². The summed E-state index contributed by atoms with van der Waals surface area (Å²) in [4.78, 5) is 0. The van der Waals surface area contributed by atoms with Crippen LogP contribution in [0.1, 0.15) is 31.9 Å². The molecule has 1 aromatic carbocycles. The maximum atomic E-state index is 5.99. The Kier molecular flexibility index (Phi) is 3.17. The number of ether oxygens (including phenoxy) is 1. The molecular weight excluding hydrogens is 210 g/mol. The lowest BCUT2D eigenvalue weighted by atomic mass is 10.0. The molecule has 1 heterocycles. The van der Waals surface area contributed by atoms with Crippen molar-refractivity contribution in [2.45, 2.75) is 32.4 Å². The maximum absolute atomic E-state index is 5.99. The fourth-order valence-corrected chi connectivity index (χ4v) is 2.15. The van der Waals surface area contributed by atoms with Gasteiger partial charge in [0, 0.05) is 10.6 Å². The number of rotatable bonds is 3. The molecule has 0 aliphatic carbocycles. The van der Waals surface area contributed by atoms with Crippen molar-refractivity contribution in [2.24, 2.45) is 0 Å². The molecular formula is C12H16ClNO. The lowest BCUT2D eigenvalue weighted by Crippen LogP contribution is -2.29. The molecule has 2 rings (SSSR count). The van der Waals surface area contributed by atoms with Gasteiger partial charge in [-0.2, -0.15) is 0 Å². The molecule has 2 nitrogen and oxygen atoms in total. The van der Waals surface area contributed by atoms with Crippen molar-refractivity contribution in [3.8, 4) is 5.75 Å². The molecule has 0 amide bonds. The quantitative estimate of drug-likeness (QED) is 0.853. The van der Waals surface area contributed by atoms with Crippen LogP contribution < -0.4 is 10.1 Å². The molecule has 0 spiro atoms. The summed E-state index contributed by atoms with van der Waals surface area (Å²) in [5, 5.41) is 4.25. The summed E-state index contributed by atoms with van der Waals surface area (Å²) in [5.74, 6) is 0.959. The Labute approximate surface area is 95.6 Å². The summed E-state index contributed by atoms with van der Waals surface area (Å²) in [7, 11) is 0. The Morgan fingerprint density at radius 2 is 2.27 bits per heavy atom. The van der Waals surface area contributed by atoms with E-state index in [9.17, 15) is 0 Å². The highest BCUT2D eigenvalue weighted by Gasteiger charge is 2.30. The van der Waals surface area contributed by atoms with E-state index in [4.69, 9.17) is 16.3 Å². The first-order chi connectivity index (χ1) is 7.22. The van der Waals surface area contributed by atoms with Gasteiger partial charge >= 0.3 is 0 Å². The summed E-state index contributed by atoms with van der Waals surface area (Å²) < 4.78 is 5.75. The highest BCUT2D eigenvalue weighted by atomic mass is 35.5. The van der Waals surface area contributed by atoms with Crippen molar-refractivity contribution < 1.29 is 4.74 Å². The molecule has 3 heteroatoms. The summed E-state index contributed by atoms with van der Waals surface area (Å²) in [6.07, 6.45) is 1.31. The third-order valence-electron chi connectivity index (χ3n) is 2.70. The smallest absolute Gasteiger partial charge is 0.124 e. The average Bonchev–Trinajstić information content (AvgIpc) is 2.51. The molecule has 2 atom stereocenters.